The van der Waals surface area contributed by atoms with E-state index >= 15 is 0 Å². The lowest BCUT2D eigenvalue weighted by Gasteiger charge is -2.34. The van der Waals surface area contributed by atoms with E-state index in [1.54, 1.807) is 28.4 Å². The predicted molar refractivity (Wildman–Crippen MR) is 129 cm³/mol. The number of hydrogen-bond donors (Lipinski definition) is 0. The van der Waals surface area contributed by atoms with Gasteiger partial charge in [0.15, 0.2) is 5.13 Å². The van der Waals surface area contributed by atoms with Gasteiger partial charge in [-0.25, -0.2) is 4.98 Å². The van der Waals surface area contributed by atoms with Gasteiger partial charge in [-0.15, -0.1) is 0 Å². The second kappa shape index (κ2) is 8.95. The minimum Gasteiger partial charge on any atom is -0.378 e. The number of anilines is 2. The highest BCUT2D eigenvalue weighted by molar-refractivity contribution is 7.22. The van der Waals surface area contributed by atoms with Crippen molar-refractivity contribution >= 4 is 44.0 Å². The number of hydrogen-bond acceptors (Lipinski definition) is 8. The topological polar surface area (TPSA) is 92.0 Å². The van der Waals surface area contributed by atoms with E-state index in [4.69, 9.17) is 9.72 Å². The van der Waals surface area contributed by atoms with Crippen LogP contribution in [0.2, 0.25) is 0 Å². The fraction of sp³-hybridized carbons (Fsp3) is 0.391. The van der Waals surface area contributed by atoms with Crippen molar-refractivity contribution in [2.75, 3.05) is 62.3 Å². The number of benzene rings is 2. The number of morpholine rings is 1. The number of nitrogens with zero attached hydrogens (tertiary/aromatic N) is 5. The van der Waals surface area contributed by atoms with Gasteiger partial charge in [-0.05, 0) is 30.7 Å². The Kier molecular flexibility index (Phi) is 5.86. The summed E-state index contributed by atoms with van der Waals surface area (Å²) >= 11 is 1.67. The molecule has 2 fully saturated rings. The van der Waals surface area contributed by atoms with E-state index in [0.29, 0.717) is 63.7 Å². The van der Waals surface area contributed by atoms with Crippen molar-refractivity contribution in [3.05, 3.63) is 57.6 Å². The third-order valence-electron chi connectivity index (χ3n) is 6.22. The molecule has 1 aromatic heterocycles. The number of nitro groups is 1. The molecule has 0 saturated carbocycles. The Morgan fingerprint density at radius 3 is 2.52 bits per heavy atom. The number of carbonyl (C=O) groups excluding carboxylic acids is 1. The summed E-state index contributed by atoms with van der Waals surface area (Å²) < 4.78 is 6.51. The molecule has 2 saturated heterocycles. The second-order valence-corrected chi connectivity index (χ2v) is 9.27. The number of para-hydroxylation sites is 1. The van der Waals surface area contributed by atoms with Crippen LogP contribution in [0.4, 0.5) is 16.5 Å². The number of aromatic nitrogens is 1. The highest BCUT2D eigenvalue weighted by Crippen LogP contribution is 2.32. The van der Waals surface area contributed by atoms with Crippen molar-refractivity contribution in [3.8, 4) is 0 Å². The Bertz CT molecular complexity index is 1200. The molecule has 0 radical (unpaired) electrons. The molecule has 5 rings (SSSR count). The number of piperazine rings is 1. The van der Waals surface area contributed by atoms with E-state index < -0.39 is 4.92 Å². The summed E-state index contributed by atoms with van der Waals surface area (Å²) in [5.41, 5.74) is 3.04. The molecule has 0 spiro atoms. The molecule has 0 N–H and O–H groups in total. The van der Waals surface area contributed by atoms with E-state index in [-0.39, 0.29) is 11.6 Å². The average molecular weight is 468 g/mol. The number of fused-ring (bicyclic) bond motifs is 1. The number of carbonyl (C=O) groups is 1. The monoisotopic (exact) mass is 467 g/mol. The molecule has 3 aromatic rings. The maximum absolute atomic E-state index is 13.1. The highest BCUT2D eigenvalue weighted by Gasteiger charge is 2.27. The Hall–Kier alpha value is -3.24. The van der Waals surface area contributed by atoms with E-state index in [1.165, 1.54) is 6.07 Å². The first-order valence-electron chi connectivity index (χ1n) is 11.0. The fourth-order valence-corrected chi connectivity index (χ4v) is 5.46. The fourth-order valence-electron chi connectivity index (χ4n) is 4.37. The SMILES string of the molecule is Cc1cccc2sc(N3CCN(C(=O)c4ccc(N5CCOCC5)c([N+](=O)[O-])c4)CC3)nc12. The zero-order valence-corrected chi connectivity index (χ0v) is 19.2. The van der Waals surface area contributed by atoms with Gasteiger partial charge in [0.2, 0.25) is 0 Å². The molecule has 2 aliphatic heterocycles. The molecular weight excluding hydrogens is 442 g/mol. The Balaban J connectivity index is 1.29. The van der Waals surface area contributed by atoms with Crippen LogP contribution in [0.25, 0.3) is 10.2 Å². The minimum atomic E-state index is -0.408. The summed E-state index contributed by atoms with van der Waals surface area (Å²) in [5, 5.41) is 12.7. The van der Waals surface area contributed by atoms with Crippen LogP contribution < -0.4 is 9.80 Å². The van der Waals surface area contributed by atoms with Crippen molar-refractivity contribution in [3.63, 3.8) is 0 Å². The quantitative estimate of drug-likeness (QED) is 0.429. The molecule has 2 aromatic carbocycles. The summed E-state index contributed by atoms with van der Waals surface area (Å²) in [7, 11) is 0. The summed E-state index contributed by atoms with van der Waals surface area (Å²) in [5.74, 6) is -0.175. The molecule has 10 heteroatoms. The molecule has 0 bridgehead atoms. The van der Waals surface area contributed by atoms with E-state index in [0.717, 1.165) is 20.9 Å². The average Bonchev–Trinajstić information content (AvgIpc) is 3.30. The summed E-state index contributed by atoms with van der Waals surface area (Å²) in [4.78, 5) is 35.2. The number of amides is 1. The van der Waals surface area contributed by atoms with Crippen molar-refractivity contribution in [2.45, 2.75) is 6.92 Å². The van der Waals surface area contributed by atoms with Gasteiger partial charge in [0.25, 0.3) is 11.6 Å². The van der Waals surface area contributed by atoms with E-state index in [2.05, 4.69) is 24.0 Å². The van der Waals surface area contributed by atoms with Crippen molar-refractivity contribution in [1.82, 2.24) is 9.88 Å². The number of rotatable bonds is 4. The van der Waals surface area contributed by atoms with E-state index in [9.17, 15) is 14.9 Å². The van der Waals surface area contributed by atoms with Gasteiger partial charge in [0.05, 0.1) is 28.4 Å². The standard InChI is InChI=1S/C23H25N5O4S/c1-16-3-2-4-20-21(16)24-23(33-20)27-9-7-26(8-10-27)22(29)17-5-6-18(19(15-17)28(30)31)25-11-13-32-14-12-25/h2-6,15H,7-14H2,1H3. The predicted octanol–water partition coefficient (Wildman–Crippen LogP) is 3.31. The lowest BCUT2D eigenvalue weighted by Crippen LogP contribution is -2.48. The molecule has 1 amide bonds. The normalized spacial score (nSPS) is 16.9. The van der Waals surface area contributed by atoms with Crippen LogP contribution >= 0.6 is 11.3 Å². The van der Waals surface area contributed by atoms with Gasteiger partial charge >= 0.3 is 0 Å². The van der Waals surface area contributed by atoms with Crippen LogP contribution in [0.5, 0.6) is 0 Å². The first kappa shape index (κ1) is 21.6. The van der Waals surface area contributed by atoms with Crippen LogP contribution in [-0.2, 0) is 4.74 Å². The molecule has 9 nitrogen and oxygen atoms in total. The number of thiazole rings is 1. The maximum atomic E-state index is 13.1. The van der Waals surface area contributed by atoms with Gasteiger partial charge in [-0.3, -0.25) is 14.9 Å². The smallest absolute Gasteiger partial charge is 0.293 e. The largest absolute Gasteiger partial charge is 0.378 e. The lowest BCUT2D eigenvalue weighted by molar-refractivity contribution is -0.384. The molecule has 0 aliphatic carbocycles. The van der Waals surface area contributed by atoms with Crippen LogP contribution in [-0.4, -0.2) is 73.2 Å². The summed E-state index contributed by atoms with van der Waals surface area (Å²) in [6.45, 7) is 6.79. The molecule has 0 atom stereocenters. The molecular formula is C23H25N5O4S. The zero-order chi connectivity index (χ0) is 22.9. The zero-order valence-electron chi connectivity index (χ0n) is 18.4. The van der Waals surface area contributed by atoms with Crippen LogP contribution in [0.15, 0.2) is 36.4 Å². The third kappa shape index (κ3) is 4.23. The highest BCUT2D eigenvalue weighted by atomic mass is 32.1. The van der Waals surface area contributed by atoms with Gasteiger partial charge < -0.3 is 19.4 Å². The van der Waals surface area contributed by atoms with Gasteiger partial charge in [0, 0.05) is 50.9 Å². The van der Waals surface area contributed by atoms with Crippen LogP contribution in [0, 0.1) is 17.0 Å². The number of aryl methyl sites for hydroxylation is 1. The van der Waals surface area contributed by atoms with E-state index in [1.807, 2.05) is 11.0 Å². The molecule has 172 valence electrons. The first-order valence-corrected chi connectivity index (χ1v) is 11.8. The summed E-state index contributed by atoms with van der Waals surface area (Å²) in [6.07, 6.45) is 0. The second-order valence-electron chi connectivity index (χ2n) is 8.26. The minimum absolute atomic E-state index is 0.0359. The summed E-state index contributed by atoms with van der Waals surface area (Å²) in [6, 6.07) is 11.0. The van der Waals surface area contributed by atoms with Gasteiger partial charge in [0.1, 0.15) is 5.69 Å². The van der Waals surface area contributed by atoms with Crippen LogP contribution in [0.1, 0.15) is 15.9 Å². The van der Waals surface area contributed by atoms with Crippen molar-refractivity contribution < 1.29 is 14.5 Å². The third-order valence-corrected chi connectivity index (χ3v) is 7.30. The van der Waals surface area contributed by atoms with Crippen molar-refractivity contribution in [2.24, 2.45) is 0 Å². The molecule has 0 unspecified atom stereocenters. The lowest BCUT2D eigenvalue weighted by atomic mass is 10.1. The van der Waals surface area contributed by atoms with Crippen LogP contribution in [0.3, 0.4) is 0 Å². The first-order chi connectivity index (χ1) is 16.0. The van der Waals surface area contributed by atoms with Gasteiger partial charge in [-0.1, -0.05) is 23.5 Å². The molecule has 3 heterocycles. The van der Waals surface area contributed by atoms with Crippen molar-refractivity contribution in [1.29, 1.82) is 0 Å². The maximum Gasteiger partial charge on any atom is 0.293 e. The Labute approximate surface area is 195 Å². The number of ether oxygens (including phenoxy) is 1. The molecule has 2 aliphatic rings. The number of nitro benzene ring substituents is 1. The van der Waals surface area contributed by atoms with Gasteiger partial charge in [-0.2, -0.15) is 0 Å². The Morgan fingerprint density at radius 1 is 1.06 bits per heavy atom. The Morgan fingerprint density at radius 2 is 1.82 bits per heavy atom. The molecule has 33 heavy (non-hydrogen) atoms.